The summed E-state index contributed by atoms with van der Waals surface area (Å²) in [6.07, 6.45) is 3.95. The van der Waals surface area contributed by atoms with Gasteiger partial charge in [-0.15, -0.1) is 0 Å². The molecule has 28 heavy (non-hydrogen) atoms. The number of carbonyl (C=O) groups excluding carboxylic acids is 2. The summed E-state index contributed by atoms with van der Waals surface area (Å²) < 4.78 is 0. The van der Waals surface area contributed by atoms with E-state index in [9.17, 15) is 9.59 Å². The van der Waals surface area contributed by atoms with E-state index in [1.54, 1.807) is 0 Å². The number of carbonyl (C=O) groups is 2. The third kappa shape index (κ3) is 3.67. The number of piperazine rings is 1. The number of hydrogen-bond acceptors (Lipinski definition) is 4. The molecule has 1 aromatic rings. The second kappa shape index (κ2) is 7.84. The van der Waals surface area contributed by atoms with Gasteiger partial charge in [0.15, 0.2) is 0 Å². The van der Waals surface area contributed by atoms with Crippen molar-refractivity contribution >= 4 is 11.9 Å². The Morgan fingerprint density at radius 2 is 1.86 bits per heavy atom. The van der Waals surface area contributed by atoms with Crippen LogP contribution in [0.2, 0.25) is 0 Å². The van der Waals surface area contributed by atoms with Crippen LogP contribution in [0.15, 0.2) is 24.3 Å². The molecule has 1 aromatic carbocycles. The number of urea groups is 1. The molecule has 3 fully saturated rings. The normalized spacial score (nSPS) is 29.5. The minimum atomic E-state index is -0.650. The first-order valence-electron chi connectivity index (χ1n) is 10.6. The fourth-order valence-electron chi connectivity index (χ4n) is 4.98. The molecular formula is C22H32N4O2. The molecular weight excluding hydrogens is 352 g/mol. The third-order valence-electron chi connectivity index (χ3n) is 6.80. The molecule has 3 aliphatic rings. The summed E-state index contributed by atoms with van der Waals surface area (Å²) in [6, 6.07) is 8.45. The number of nitrogens with zero attached hydrogens (tertiary/aromatic N) is 3. The number of rotatable bonds is 4. The number of benzene rings is 1. The second-order valence-electron chi connectivity index (χ2n) is 8.81. The van der Waals surface area contributed by atoms with Gasteiger partial charge in [-0.2, -0.15) is 0 Å². The maximum atomic E-state index is 13.1. The molecule has 6 nitrogen and oxygen atoms in total. The molecule has 2 saturated heterocycles. The van der Waals surface area contributed by atoms with E-state index in [2.05, 4.69) is 53.2 Å². The summed E-state index contributed by atoms with van der Waals surface area (Å²) in [6.45, 7) is 9.27. The molecule has 1 aliphatic carbocycles. The number of nitrogens with one attached hydrogen (secondary N) is 1. The molecule has 0 aromatic heterocycles. The van der Waals surface area contributed by atoms with Gasteiger partial charge in [-0.05, 0) is 31.2 Å². The van der Waals surface area contributed by atoms with Gasteiger partial charge in [0.1, 0.15) is 5.54 Å². The van der Waals surface area contributed by atoms with E-state index in [1.807, 2.05) is 0 Å². The number of hydrogen-bond donors (Lipinski definition) is 1. The molecule has 2 heterocycles. The lowest BCUT2D eigenvalue weighted by Gasteiger charge is -2.38. The molecule has 0 radical (unpaired) electrons. The van der Waals surface area contributed by atoms with Crippen LogP contribution in [-0.4, -0.2) is 65.0 Å². The summed E-state index contributed by atoms with van der Waals surface area (Å²) in [5.74, 6) is 0.209. The summed E-state index contributed by atoms with van der Waals surface area (Å²) in [5.41, 5.74) is 1.99. The Hall–Kier alpha value is -1.92. The van der Waals surface area contributed by atoms with Crippen molar-refractivity contribution in [2.45, 2.75) is 51.6 Å². The lowest BCUT2D eigenvalue weighted by Crippen LogP contribution is -2.55. The van der Waals surface area contributed by atoms with E-state index < -0.39 is 5.54 Å². The van der Waals surface area contributed by atoms with Crippen LogP contribution in [0.5, 0.6) is 0 Å². The van der Waals surface area contributed by atoms with Crippen molar-refractivity contribution in [1.82, 2.24) is 20.0 Å². The number of imide groups is 1. The average molecular weight is 385 g/mol. The average Bonchev–Trinajstić information content (AvgIpc) is 2.91. The molecule has 0 bridgehead atoms. The zero-order valence-corrected chi connectivity index (χ0v) is 17.1. The van der Waals surface area contributed by atoms with Crippen LogP contribution in [-0.2, 0) is 11.3 Å². The molecule has 2 aliphatic heterocycles. The van der Waals surface area contributed by atoms with Gasteiger partial charge in [0.05, 0.1) is 6.67 Å². The van der Waals surface area contributed by atoms with Crippen LogP contribution in [0.4, 0.5) is 4.79 Å². The standard InChI is InChI=1S/C22H32N4O2/c1-17-6-5-8-19(14-17)15-24-10-12-25(13-11-24)16-26-20(27)22(23-21(26)28)9-4-3-7-18(22)2/h5-6,8,14,18H,3-4,7,9-13,15-16H2,1-2H3,(H,23,28)/t18-,22-/m0/s1. The SMILES string of the molecule is Cc1cccc(CN2CCN(CN3C(=O)N[C@]4(CCCC[C@@H]4C)C3=O)CC2)c1. The Kier molecular flexibility index (Phi) is 5.43. The summed E-state index contributed by atoms with van der Waals surface area (Å²) in [4.78, 5) is 31.8. The van der Waals surface area contributed by atoms with Gasteiger partial charge in [-0.3, -0.25) is 14.6 Å². The van der Waals surface area contributed by atoms with Crippen LogP contribution in [0.25, 0.3) is 0 Å². The third-order valence-corrected chi connectivity index (χ3v) is 6.80. The lowest BCUT2D eigenvalue weighted by molar-refractivity contribution is -0.136. The predicted molar refractivity (Wildman–Crippen MR) is 109 cm³/mol. The topological polar surface area (TPSA) is 55.9 Å². The maximum Gasteiger partial charge on any atom is 0.326 e. The van der Waals surface area contributed by atoms with Crippen LogP contribution < -0.4 is 5.32 Å². The van der Waals surface area contributed by atoms with Crippen molar-refractivity contribution in [3.05, 3.63) is 35.4 Å². The van der Waals surface area contributed by atoms with E-state index in [0.717, 1.165) is 58.4 Å². The summed E-state index contributed by atoms with van der Waals surface area (Å²) in [7, 11) is 0. The van der Waals surface area contributed by atoms with Gasteiger partial charge < -0.3 is 5.32 Å². The van der Waals surface area contributed by atoms with Crippen molar-refractivity contribution in [3.63, 3.8) is 0 Å². The summed E-state index contributed by atoms with van der Waals surface area (Å²) >= 11 is 0. The molecule has 3 amide bonds. The monoisotopic (exact) mass is 384 g/mol. The maximum absolute atomic E-state index is 13.1. The molecule has 2 atom stereocenters. The Bertz CT molecular complexity index is 744. The first-order valence-corrected chi connectivity index (χ1v) is 10.6. The van der Waals surface area contributed by atoms with Crippen molar-refractivity contribution in [1.29, 1.82) is 0 Å². The highest BCUT2D eigenvalue weighted by atomic mass is 16.2. The van der Waals surface area contributed by atoms with Crippen LogP contribution in [0, 0.1) is 12.8 Å². The number of aryl methyl sites for hydroxylation is 1. The van der Waals surface area contributed by atoms with E-state index in [0.29, 0.717) is 6.67 Å². The van der Waals surface area contributed by atoms with Gasteiger partial charge in [-0.25, -0.2) is 9.69 Å². The molecule has 152 valence electrons. The molecule has 6 heteroatoms. The lowest BCUT2D eigenvalue weighted by atomic mass is 9.73. The highest BCUT2D eigenvalue weighted by Gasteiger charge is 2.55. The van der Waals surface area contributed by atoms with Crippen LogP contribution in [0.1, 0.15) is 43.7 Å². The van der Waals surface area contributed by atoms with E-state index >= 15 is 0 Å². The zero-order chi connectivity index (χ0) is 19.7. The van der Waals surface area contributed by atoms with Gasteiger partial charge in [-0.1, -0.05) is 49.6 Å². The first-order chi connectivity index (χ1) is 13.5. The van der Waals surface area contributed by atoms with Crippen molar-refractivity contribution in [2.24, 2.45) is 5.92 Å². The first kappa shape index (κ1) is 19.4. The smallest absolute Gasteiger partial charge is 0.323 e. The van der Waals surface area contributed by atoms with Gasteiger partial charge in [0, 0.05) is 32.7 Å². The molecule has 1 spiro atoms. The van der Waals surface area contributed by atoms with E-state index in [-0.39, 0.29) is 17.9 Å². The minimum absolute atomic E-state index is 0.00751. The Morgan fingerprint density at radius 1 is 1.11 bits per heavy atom. The van der Waals surface area contributed by atoms with Crippen molar-refractivity contribution in [2.75, 3.05) is 32.8 Å². The van der Waals surface area contributed by atoms with Gasteiger partial charge in [0.25, 0.3) is 5.91 Å². The van der Waals surface area contributed by atoms with Crippen LogP contribution in [0.3, 0.4) is 0 Å². The summed E-state index contributed by atoms with van der Waals surface area (Å²) in [5, 5.41) is 3.06. The molecule has 0 unspecified atom stereocenters. The predicted octanol–water partition coefficient (Wildman–Crippen LogP) is 2.57. The Morgan fingerprint density at radius 3 is 2.57 bits per heavy atom. The quantitative estimate of drug-likeness (QED) is 0.811. The highest BCUT2D eigenvalue weighted by molar-refractivity contribution is 6.07. The number of amides is 3. The van der Waals surface area contributed by atoms with E-state index in [1.165, 1.54) is 16.0 Å². The van der Waals surface area contributed by atoms with Gasteiger partial charge in [0.2, 0.25) is 0 Å². The van der Waals surface area contributed by atoms with Crippen molar-refractivity contribution < 1.29 is 9.59 Å². The Labute approximate surface area is 167 Å². The minimum Gasteiger partial charge on any atom is -0.323 e. The largest absolute Gasteiger partial charge is 0.326 e. The molecule has 4 rings (SSSR count). The highest BCUT2D eigenvalue weighted by Crippen LogP contribution is 2.38. The molecule has 1 saturated carbocycles. The zero-order valence-electron chi connectivity index (χ0n) is 17.1. The Balaban J connectivity index is 1.32. The fourth-order valence-corrected chi connectivity index (χ4v) is 4.98. The van der Waals surface area contributed by atoms with Crippen molar-refractivity contribution in [3.8, 4) is 0 Å². The molecule has 1 N–H and O–H groups in total. The van der Waals surface area contributed by atoms with Gasteiger partial charge >= 0.3 is 6.03 Å². The second-order valence-corrected chi connectivity index (χ2v) is 8.81. The fraction of sp³-hybridized carbons (Fsp3) is 0.636. The van der Waals surface area contributed by atoms with E-state index in [4.69, 9.17) is 0 Å². The van der Waals surface area contributed by atoms with Crippen LogP contribution >= 0.6 is 0 Å².